The van der Waals surface area contributed by atoms with Crippen LogP contribution >= 0.6 is 0 Å². The highest BCUT2D eigenvalue weighted by molar-refractivity contribution is 6.06. The minimum absolute atomic E-state index is 0.253. The lowest BCUT2D eigenvalue weighted by Gasteiger charge is -2.21. The van der Waals surface area contributed by atoms with Gasteiger partial charge in [-0.15, -0.1) is 0 Å². The molecule has 0 spiro atoms. The van der Waals surface area contributed by atoms with Crippen molar-refractivity contribution in [3.8, 4) is 0 Å². The van der Waals surface area contributed by atoms with Crippen LogP contribution in [0.4, 0.5) is 16.2 Å². The number of aryl methyl sites for hydroxylation is 1. The number of nitrogens with one attached hydrogen (secondary N) is 2. The summed E-state index contributed by atoms with van der Waals surface area (Å²) in [6.07, 6.45) is 2.12. The van der Waals surface area contributed by atoms with E-state index < -0.39 is 12.1 Å². The van der Waals surface area contributed by atoms with Gasteiger partial charge in [0, 0.05) is 23.5 Å². The fourth-order valence-electron chi connectivity index (χ4n) is 3.41. The second-order valence-corrected chi connectivity index (χ2v) is 6.72. The largest absolute Gasteiger partial charge is 0.351 e. The number of para-hydroxylation sites is 1. The van der Waals surface area contributed by atoms with E-state index in [2.05, 4.69) is 10.6 Å². The number of primary amides is 1. The van der Waals surface area contributed by atoms with Gasteiger partial charge in [0.25, 0.3) is 5.91 Å². The van der Waals surface area contributed by atoms with Crippen LogP contribution in [0.3, 0.4) is 0 Å². The zero-order valence-corrected chi connectivity index (χ0v) is 15.8. The maximum absolute atomic E-state index is 12.6. The molecule has 28 heavy (non-hydrogen) atoms. The molecule has 0 saturated carbocycles. The van der Waals surface area contributed by atoms with Crippen LogP contribution in [0.1, 0.15) is 35.7 Å². The smallest absolute Gasteiger partial charge is 0.315 e. The summed E-state index contributed by atoms with van der Waals surface area (Å²) in [7, 11) is 0. The third-order valence-electron chi connectivity index (χ3n) is 4.88. The van der Waals surface area contributed by atoms with Gasteiger partial charge >= 0.3 is 6.03 Å². The van der Waals surface area contributed by atoms with Gasteiger partial charge in [-0.2, -0.15) is 0 Å². The Bertz CT molecular complexity index is 897. The summed E-state index contributed by atoms with van der Waals surface area (Å²) in [5.74, 6) is -0.554. The van der Waals surface area contributed by atoms with Crippen molar-refractivity contribution < 1.29 is 14.4 Å². The Hall–Kier alpha value is -3.35. The highest BCUT2D eigenvalue weighted by Crippen LogP contribution is 2.21. The highest BCUT2D eigenvalue weighted by Gasteiger charge is 2.33. The number of benzene rings is 2. The lowest BCUT2D eigenvalue weighted by molar-refractivity contribution is -0.119. The lowest BCUT2D eigenvalue weighted by Crippen LogP contribution is -2.45. The predicted octanol–water partition coefficient (Wildman–Crippen LogP) is 2.98. The Balaban J connectivity index is 1.70. The van der Waals surface area contributed by atoms with Crippen LogP contribution < -0.4 is 16.4 Å². The molecule has 1 heterocycles. The molecule has 0 unspecified atom stereocenters. The van der Waals surface area contributed by atoms with Gasteiger partial charge < -0.3 is 21.3 Å². The van der Waals surface area contributed by atoms with E-state index in [9.17, 15) is 14.4 Å². The fraction of sp³-hybridized carbons (Fsp3) is 0.286. The van der Waals surface area contributed by atoms with Gasteiger partial charge in [0.1, 0.15) is 6.04 Å². The van der Waals surface area contributed by atoms with Crippen molar-refractivity contribution >= 4 is 29.2 Å². The highest BCUT2D eigenvalue weighted by atomic mass is 16.2. The van der Waals surface area contributed by atoms with E-state index in [4.69, 9.17) is 5.73 Å². The van der Waals surface area contributed by atoms with Gasteiger partial charge in [-0.25, -0.2) is 4.79 Å². The van der Waals surface area contributed by atoms with Crippen molar-refractivity contribution in [2.75, 3.05) is 17.2 Å². The number of amides is 4. The Kier molecular flexibility index (Phi) is 5.93. The third kappa shape index (κ3) is 4.31. The molecular formula is C21H24N4O3. The molecule has 4 N–H and O–H groups in total. The molecule has 1 fully saturated rings. The molecule has 0 aliphatic carbocycles. The topological polar surface area (TPSA) is 105 Å². The van der Waals surface area contributed by atoms with E-state index in [0.29, 0.717) is 24.2 Å². The molecule has 2 aromatic carbocycles. The Morgan fingerprint density at radius 2 is 1.89 bits per heavy atom. The van der Waals surface area contributed by atoms with E-state index >= 15 is 0 Å². The summed E-state index contributed by atoms with van der Waals surface area (Å²) in [5, 5.41) is 5.70. The second kappa shape index (κ2) is 8.56. The molecule has 4 amide bonds. The summed E-state index contributed by atoms with van der Waals surface area (Å²) in [6.45, 7) is 2.51. The van der Waals surface area contributed by atoms with E-state index in [1.807, 2.05) is 31.2 Å². The number of carbonyl (C=O) groups excluding carboxylic acids is 3. The van der Waals surface area contributed by atoms with Crippen molar-refractivity contribution in [1.29, 1.82) is 0 Å². The first kappa shape index (κ1) is 19.4. The lowest BCUT2D eigenvalue weighted by atomic mass is 10.1. The molecule has 1 saturated heterocycles. The summed E-state index contributed by atoms with van der Waals surface area (Å²) in [5.41, 5.74) is 8.08. The standard InChI is InChI=1S/C21H24N4O3/c1-2-14-7-3-4-10-17(14)24-19(26)15-8-5-9-16(13-15)23-20(27)18-11-6-12-25(18)21(22)28/h3-5,7-10,13,18H,2,6,11-12H2,1H3,(H2,22,28)(H,23,27)(H,24,26)/t18-/m0/s1. The minimum Gasteiger partial charge on any atom is -0.351 e. The molecule has 2 aromatic rings. The Morgan fingerprint density at radius 3 is 2.64 bits per heavy atom. The molecule has 7 nitrogen and oxygen atoms in total. The van der Waals surface area contributed by atoms with Crippen LogP contribution in [0.2, 0.25) is 0 Å². The van der Waals surface area contributed by atoms with E-state index in [0.717, 1.165) is 24.1 Å². The van der Waals surface area contributed by atoms with Gasteiger partial charge in [-0.05, 0) is 49.1 Å². The molecule has 7 heteroatoms. The van der Waals surface area contributed by atoms with Gasteiger partial charge in [0.05, 0.1) is 0 Å². The number of likely N-dealkylation sites (tertiary alicyclic amines) is 1. The number of rotatable bonds is 5. The molecular weight excluding hydrogens is 356 g/mol. The maximum Gasteiger partial charge on any atom is 0.315 e. The van der Waals surface area contributed by atoms with Crippen molar-refractivity contribution in [2.24, 2.45) is 5.73 Å². The molecule has 0 aromatic heterocycles. The number of urea groups is 1. The number of anilines is 2. The normalized spacial score (nSPS) is 15.9. The summed E-state index contributed by atoms with van der Waals surface area (Å²) in [4.78, 5) is 38.0. The van der Waals surface area contributed by atoms with Crippen LogP contribution in [0.25, 0.3) is 0 Å². The van der Waals surface area contributed by atoms with Crippen LogP contribution in [-0.4, -0.2) is 35.3 Å². The summed E-state index contributed by atoms with van der Waals surface area (Å²) < 4.78 is 0. The molecule has 146 valence electrons. The Labute approximate surface area is 163 Å². The maximum atomic E-state index is 12.6. The zero-order valence-electron chi connectivity index (χ0n) is 15.8. The molecule has 1 aliphatic rings. The van der Waals surface area contributed by atoms with Crippen LogP contribution in [0.5, 0.6) is 0 Å². The molecule has 0 radical (unpaired) electrons. The third-order valence-corrected chi connectivity index (χ3v) is 4.88. The monoisotopic (exact) mass is 380 g/mol. The predicted molar refractivity (Wildman–Crippen MR) is 108 cm³/mol. The minimum atomic E-state index is -0.597. The SMILES string of the molecule is CCc1ccccc1NC(=O)c1cccc(NC(=O)[C@@H]2CCCN2C(N)=O)c1. The van der Waals surface area contributed by atoms with Gasteiger partial charge in [-0.3, -0.25) is 9.59 Å². The van der Waals surface area contributed by atoms with Crippen molar-refractivity contribution in [1.82, 2.24) is 4.90 Å². The first-order valence-electron chi connectivity index (χ1n) is 9.36. The molecule has 1 aliphatic heterocycles. The van der Waals surface area contributed by atoms with Gasteiger partial charge in [-0.1, -0.05) is 31.2 Å². The average molecular weight is 380 g/mol. The van der Waals surface area contributed by atoms with E-state index in [-0.39, 0.29) is 11.8 Å². The van der Waals surface area contributed by atoms with E-state index in [1.165, 1.54) is 4.90 Å². The quantitative estimate of drug-likeness (QED) is 0.743. The number of nitrogens with zero attached hydrogens (tertiary/aromatic N) is 1. The zero-order chi connectivity index (χ0) is 20.1. The number of carbonyl (C=O) groups is 3. The molecule has 1 atom stereocenters. The second-order valence-electron chi connectivity index (χ2n) is 6.72. The first-order valence-corrected chi connectivity index (χ1v) is 9.36. The Morgan fingerprint density at radius 1 is 1.11 bits per heavy atom. The van der Waals surface area contributed by atoms with Crippen LogP contribution in [0.15, 0.2) is 48.5 Å². The summed E-state index contributed by atoms with van der Waals surface area (Å²) in [6, 6.07) is 13.2. The van der Waals surface area contributed by atoms with Crippen molar-refractivity contribution in [3.05, 3.63) is 59.7 Å². The van der Waals surface area contributed by atoms with Crippen LogP contribution in [-0.2, 0) is 11.2 Å². The van der Waals surface area contributed by atoms with Crippen molar-refractivity contribution in [3.63, 3.8) is 0 Å². The molecule has 3 rings (SSSR count). The number of hydrogen-bond acceptors (Lipinski definition) is 3. The first-order chi connectivity index (χ1) is 13.5. The van der Waals surface area contributed by atoms with Crippen molar-refractivity contribution in [2.45, 2.75) is 32.2 Å². The van der Waals surface area contributed by atoms with Gasteiger partial charge in [0.15, 0.2) is 0 Å². The van der Waals surface area contributed by atoms with E-state index in [1.54, 1.807) is 24.3 Å². The fourth-order valence-corrected chi connectivity index (χ4v) is 3.41. The molecule has 0 bridgehead atoms. The number of hydrogen-bond donors (Lipinski definition) is 3. The number of nitrogens with two attached hydrogens (primary N) is 1. The van der Waals surface area contributed by atoms with Gasteiger partial charge in [0.2, 0.25) is 5.91 Å². The van der Waals surface area contributed by atoms with Crippen LogP contribution in [0, 0.1) is 0 Å². The average Bonchev–Trinajstić information content (AvgIpc) is 3.19. The summed E-state index contributed by atoms with van der Waals surface area (Å²) >= 11 is 0.